The molecule has 5 aliphatic rings. The minimum atomic E-state index is -1.43. The maximum Gasteiger partial charge on any atom is 0.192 e. The first-order chi connectivity index (χ1) is 9.91. The highest BCUT2D eigenvalue weighted by atomic mass is 19.1. The van der Waals surface area contributed by atoms with Crippen LogP contribution in [0, 0.1) is 35.5 Å². The molecule has 1 heterocycles. The van der Waals surface area contributed by atoms with Crippen LogP contribution < -0.4 is 0 Å². The van der Waals surface area contributed by atoms with E-state index in [-0.39, 0.29) is 5.92 Å². The van der Waals surface area contributed by atoms with Crippen LogP contribution in [0.25, 0.3) is 0 Å². The largest absolute Gasteiger partial charge is 0.365 e. The Morgan fingerprint density at radius 3 is 2.62 bits per heavy atom. The number of fused-ring (bicyclic) bond motifs is 10. The lowest BCUT2D eigenvalue weighted by molar-refractivity contribution is -0.405. The van der Waals surface area contributed by atoms with Crippen molar-refractivity contribution in [2.45, 2.75) is 57.0 Å². The fourth-order valence-corrected chi connectivity index (χ4v) is 6.64. The van der Waals surface area contributed by atoms with Gasteiger partial charge in [0.15, 0.2) is 18.2 Å². The van der Waals surface area contributed by atoms with E-state index in [4.69, 9.17) is 9.47 Å². The quantitative estimate of drug-likeness (QED) is 0.551. The molecule has 9 atom stereocenters. The standard InChI is InChI=1S/C17H23FO3/c1-16(2)20-15(19)14(18)17(21-16)7-10-6-11(17)13-9-4-3-8(5-9)12(10)13/h3-4,8-15,19H,5-7H2,1-2H3. The average Bonchev–Trinajstić information content (AvgIpc) is 3.12. The number of ether oxygens (including phenoxy) is 2. The zero-order valence-electron chi connectivity index (χ0n) is 12.5. The van der Waals surface area contributed by atoms with Crippen molar-refractivity contribution in [3.63, 3.8) is 0 Å². The van der Waals surface area contributed by atoms with Crippen molar-refractivity contribution in [3.05, 3.63) is 12.2 Å². The molecular weight excluding hydrogens is 271 g/mol. The smallest absolute Gasteiger partial charge is 0.192 e. The zero-order chi connectivity index (χ0) is 14.6. The number of rotatable bonds is 0. The molecule has 3 saturated carbocycles. The van der Waals surface area contributed by atoms with Gasteiger partial charge in [-0.25, -0.2) is 4.39 Å². The second-order valence-electron chi connectivity index (χ2n) is 8.28. The highest BCUT2D eigenvalue weighted by Crippen LogP contribution is 2.70. The Balaban J connectivity index is 1.55. The van der Waals surface area contributed by atoms with Gasteiger partial charge >= 0.3 is 0 Å². The number of halogens is 1. The molecule has 1 saturated heterocycles. The summed E-state index contributed by atoms with van der Waals surface area (Å²) in [6, 6.07) is 0. The SMILES string of the molecule is CC1(C)OC(O)C(F)C2(CC3CC2C2C4C=CC(C4)C32)O1. The zero-order valence-corrected chi connectivity index (χ0v) is 12.5. The molecule has 4 heteroatoms. The first-order valence-corrected chi connectivity index (χ1v) is 8.30. The van der Waals surface area contributed by atoms with E-state index < -0.39 is 23.8 Å². The van der Waals surface area contributed by atoms with E-state index in [0.29, 0.717) is 23.7 Å². The van der Waals surface area contributed by atoms with Crippen molar-refractivity contribution in [3.8, 4) is 0 Å². The summed E-state index contributed by atoms with van der Waals surface area (Å²) in [7, 11) is 0. The number of aliphatic hydroxyl groups excluding tert-OH is 1. The minimum absolute atomic E-state index is 0.236. The normalized spacial score (nSPS) is 62.7. The molecule has 1 N–H and O–H groups in total. The van der Waals surface area contributed by atoms with E-state index in [1.54, 1.807) is 13.8 Å². The molecule has 0 radical (unpaired) electrons. The van der Waals surface area contributed by atoms with Crippen LogP contribution in [-0.4, -0.2) is 29.0 Å². The summed E-state index contributed by atoms with van der Waals surface area (Å²) in [6.45, 7) is 3.57. The van der Waals surface area contributed by atoms with Crippen LogP contribution in [-0.2, 0) is 9.47 Å². The van der Waals surface area contributed by atoms with Crippen LogP contribution in [0.3, 0.4) is 0 Å². The Labute approximate surface area is 124 Å². The molecule has 0 amide bonds. The highest BCUT2D eigenvalue weighted by molar-refractivity contribution is 5.25. The van der Waals surface area contributed by atoms with Crippen molar-refractivity contribution >= 4 is 0 Å². The maximum atomic E-state index is 14.9. The molecule has 4 aliphatic carbocycles. The summed E-state index contributed by atoms with van der Waals surface area (Å²) in [6.07, 6.45) is 5.00. The third-order valence-electron chi connectivity index (χ3n) is 6.92. The minimum Gasteiger partial charge on any atom is -0.365 e. The van der Waals surface area contributed by atoms with Gasteiger partial charge in [0.25, 0.3) is 0 Å². The molecule has 116 valence electrons. The van der Waals surface area contributed by atoms with Gasteiger partial charge in [0.2, 0.25) is 0 Å². The Bertz CT molecular complexity index is 518. The maximum absolute atomic E-state index is 14.9. The van der Waals surface area contributed by atoms with E-state index in [0.717, 1.165) is 18.8 Å². The van der Waals surface area contributed by atoms with Crippen LogP contribution in [0.2, 0.25) is 0 Å². The average molecular weight is 294 g/mol. The molecule has 1 aliphatic heterocycles. The van der Waals surface area contributed by atoms with Gasteiger partial charge in [0, 0.05) is 0 Å². The first kappa shape index (κ1) is 13.0. The summed E-state index contributed by atoms with van der Waals surface area (Å²) in [4.78, 5) is 0. The highest BCUT2D eigenvalue weighted by Gasteiger charge is 2.71. The van der Waals surface area contributed by atoms with Gasteiger partial charge in [-0.2, -0.15) is 0 Å². The number of alkyl halides is 1. The summed E-state index contributed by atoms with van der Waals surface area (Å²) in [5, 5.41) is 10.0. The lowest BCUT2D eigenvalue weighted by Crippen LogP contribution is -2.64. The van der Waals surface area contributed by atoms with Crippen molar-refractivity contribution in [2.75, 3.05) is 0 Å². The van der Waals surface area contributed by atoms with Crippen LogP contribution in [0.1, 0.15) is 33.1 Å². The molecule has 1 spiro atoms. The topological polar surface area (TPSA) is 38.7 Å². The monoisotopic (exact) mass is 294 g/mol. The number of aliphatic hydroxyl groups is 1. The first-order valence-electron chi connectivity index (χ1n) is 8.30. The van der Waals surface area contributed by atoms with E-state index in [2.05, 4.69) is 12.2 Å². The third kappa shape index (κ3) is 1.45. The molecular formula is C17H23FO3. The van der Waals surface area contributed by atoms with Gasteiger partial charge in [-0.05, 0) is 68.6 Å². The summed E-state index contributed by atoms with van der Waals surface area (Å²) in [5.41, 5.74) is -0.828. The lowest BCUT2D eigenvalue weighted by atomic mass is 9.65. The van der Waals surface area contributed by atoms with Gasteiger partial charge in [-0.1, -0.05) is 12.2 Å². The Kier molecular flexibility index (Phi) is 2.31. The molecule has 0 aromatic heterocycles. The van der Waals surface area contributed by atoms with Gasteiger partial charge in [-0.3, -0.25) is 0 Å². The van der Waals surface area contributed by atoms with Crippen LogP contribution in [0.4, 0.5) is 4.39 Å². The van der Waals surface area contributed by atoms with Gasteiger partial charge in [0.1, 0.15) is 5.60 Å². The van der Waals surface area contributed by atoms with Gasteiger partial charge < -0.3 is 14.6 Å². The third-order valence-corrected chi connectivity index (χ3v) is 6.92. The van der Waals surface area contributed by atoms with Crippen molar-refractivity contribution in [1.29, 1.82) is 0 Å². The van der Waals surface area contributed by atoms with Gasteiger partial charge in [0.05, 0.1) is 0 Å². The van der Waals surface area contributed by atoms with E-state index in [9.17, 15) is 9.50 Å². The van der Waals surface area contributed by atoms with Crippen molar-refractivity contribution < 1.29 is 19.0 Å². The molecule has 21 heavy (non-hydrogen) atoms. The molecule has 5 rings (SSSR count). The predicted octanol–water partition coefficient (Wildman–Crippen LogP) is 2.64. The lowest BCUT2D eigenvalue weighted by Gasteiger charge is -2.54. The Hall–Kier alpha value is -0.450. The van der Waals surface area contributed by atoms with E-state index in [1.165, 1.54) is 6.42 Å². The summed E-state index contributed by atoms with van der Waals surface area (Å²) >= 11 is 0. The van der Waals surface area contributed by atoms with Crippen LogP contribution >= 0.6 is 0 Å². The molecule has 9 unspecified atom stereocenters. The van der Waals surface area contributed by atoms with Crippen molar-refractivity contribution in [2.24, 2.45) is 35.5 Å². The van der Waals surface area contributed by atoms with E-state index >= 15 is 0 Å². The van der Waals surface area contributed by atoms with Crippen LogP contribution in [0.15, 0.2) is 12.2 Å². The summed E-state index contributed by atoms with van der Waals surface area (Å²) in [5.74, 6) is 2.48. The summed E-state index contributed by atoms with van der Waals surface area (Å²) < 4.78 is 26.4. The molecule has 4 fully saturated rings. The van der Waals surface area contributed by atoms with Crippen LogP contribution in [0.5, 0.6) is 0 Å². The molecule has 4 bridgehead atoms. The molecule has 3 nitrogen and oxygen atoms in total. The second-order valence-corrected chi connectivity index (χ2v) is 8.28. The Morgan fingerprint density at radius 2 is 1.86 bits per heavy atom. The molecule has 0 aromatic carbocycles. The second kappa shape index (κ2) is 3.72. The fourth-order valence-electron chi connectivity index (χ4n) is 6.64. The van der Waals surface area contributed by atoms with E-state index in [1.807, 2.05) is 0 Å². The fraction of sp³-hybridized carbons (Fsp3) is 0.882. The number of hydrogen-bond acceptors (Lipinski definition) is 3. The molecule has 0 aromatic rings. The van der Waals surface area contributed by atoms with Gasteiger partial charge in [-0.15, -0.1) is 0 Å². The number of allylic oxidation sites excluding steroid dienone is 2. The van der Waals surface area contributed by atoms with Crippen molar-refractivity contribution in [1.82, 2.24) is 0 Å². The predicted molar refractivity (Wildman–Crippen MR) is 73.8 cm³/mol. The number of hydrogen-bond donors (Lipinski definition) is 1. The Morgan fingerprint density at radius 1 is 1.14 bits per heavy atom.